The molecule has 128 valence electrons. The SMILES string of the molecule is CC1(C)OB(c2ccc3nc(Cc4ccccc4)oc3c2)OC1(C)C. The summed E-state index contributed by atoms with van der Waals surface area (Å²) in [5, 5.41) is 0. The molecule has 0 radical (unpaired) electrons. The summed E-state index contributed by atoms with van der Waals surface area (Å²) in [6.45, 7) is 8.21. The number of benzene rings is 2. The molecule has 0 bridgehead atoms. The molecule has 0 N–H and O–H groups in total. The number of fused-ring (bicyclic) bond motifs is 1. The molecule has 1 fully saturated rings. The van der Waals surface area contributed by atoms with E-state index in [4.69, 9.17) is 13.7 Å². The highest BCUT2D eigenvalue weighted by molar-refractivity contribution is 6.62. The van der Waals surface area contributed by atoms with Crippen LogP contribution in [0.4, 0.5) is 0 Å². The van der Waals surface area contributed by atoms with Crippen molar-refractivity contribution in [2.24, 2.45) is 0 Å². The highest BCUT2D eigenvalue weighted by Gasteiger charge is 2.51. The van der Waals surface area contributed by atoms with Crippen molar-refractivity contribution in [3.63, 3.8) is 0 Å². The third-order valence-corrected chi connectivity index (χ3v) is 5.18. The van der Waals surface area contributed by atoms with E-state index in [1.165, 1.54) is 5.56 Å². The van der Waals surface area contributed by atoms with Crippen molar-refractivity contribution in [2.75, 3.05) is 0 Å². The number of nitrogens with zero attached hydrogens (tertiary/aromatic N) is 1. The third kappa shape index (κ3) is 2.98. The van der Waals surface area contributed by atoms with Crippen LogP contribution in [0.5, 0.6) is 0 Å². The van der Waals surface area contributed by atoms with Crippen molar-refractivity contribution >= 4 is 23.7 Å². The van der Waals surface area contributed by atoms with Gasteiger partial charge in [-0.05, 0) is 50.9 Å². The number of aromatic nitrogens is 1. The van der Waals surface area contributed by atoms with Crippen LogP contribution in [0.3, 0.4) is 0 Å². The summed E-state index contributed by atoms with van der Waals surface area (Å²) in [6, 6.07) is 16.1. The Morgan fingerprint density at radius 3 is 2.28 bits per heavy atom. The first kappa shape index (κ1) is 16.4. The minimum absolute atomic E-state index is 0.355. The van der Waals surface area contributed by atoms with E-state index in [1.807, 2.05) is 36.4 Å². The van der Waals surface area contributed by atoms with E-state index < -0.39 is 7.12 Å². The van der Waals surface area contributed by atoms with Gasteiger partial charge in [-0.3, -0.25) is 0 Å². The van der Waals surface area contributed by atoms with E-state index in [1.54, 1.807) is 0 Å². The van der Waals surface area contributed by atoms with E-state index in [9.17, 15) is 0 Å². The van der Waals surface area contributed by atoms with E-state index in [0.717, 1.165) is 16.6 Å². The molecule has 1 aromatic heterocycles. The van der Waals surface area contributed by atoms with Gasteiger partial charge in [-0.15, -0.1) is 0 Å². The van der Waals surface area contributed by atoms with Crippen molar-refractivity contribution in [2.45, 2.75) is 45.3 Å². The van der Waals surface area contributed by atoms with Crippen LogP contribution in [0.1, 0.15) is 39.1 Å². The zero-order valence-electron chi connectivity index (χ0n) is 15.1. The highest BCUT2D eigenvalue weighted by Crippen LogP contribution is 2.36. The van der Waals surface area contributed by atoms with Crippen molar-refractivity contribution in [3.8, 4) is 0 Å². The molecule has 1 saturated heterocycles. The molecule has 0 aliphatic carbocycles. The Labute approximate surface area is 148 Å². The standard InChI is InChI=1S/C20H22BNO3/c1-19(2)20(3,4)25-21(24-19)15-10-11-16-17(13-15)23-18(22-16)12-14-8-6-5-7-9-14/h5-11,13H,12H2,1-4H3. The molecular weight excluding hydrogens is 313 g/mol. The minimum atomic E-state index is -0.392. The van der Waals surface area contributed by atoms with E-state index in [0.29, 0.717) is 12.3 Å². The van der Waals surface area contributed by atoms with Crippen molar-refractivity contribution in [1.29, 1.82) is 0 Å². The molecule has 1 aliphatic rings. The van der Waals surface area contributed by atoms with Gasteiger partial charge in [0.1, 0.15) is 5.52 Å². The fourth-order valence-electron chi connectivity index (χ4n) is 2.96. The molecule has 1 aliphatic heterocycles. The van der Waals surface area contributed by atoms with Gasteiger partial charge in [0.05, 0.1) is 11.2 Å². The predicted molar refractivity (Wildman–Crippen MR) is 99.0 cm³/mol. The molecule has 2 heterocycles. The normalized spacial score (nSPS) is 18.8. The minimum Gasteiger partial charge on any atom is -0.440 e. The lowest BCUT2D eigenvalue weighted by molar-refractivity contribution is 0.00578. The van der Waals surface area contributed by atoms with E-state index in [2.05, 4.69) is 44.8 Å². The van der Waals surface area contributed by atoms with Crippen LogP contribution >= 0.6 is 0 Å². The Morgan fingerprint density at radius 1 is 0.920 bits per heavy atom. The molecule has 0 amide bonds. The maximum atomic E-state index is 6.12. The largest absolute Gasteiger partial charge is 0.494 e. The van der Waals surface area contributed by atoms with Gasteiger partial charge in [-0.25, -0.2) is 4.98 Å². The van der Waals surface area contributed by atoms with E-state index >= 15 is 0 Å². The zero-order chi connectivity index (χ0) is 17.7. The number of rotatable bonds is 3. The molecule has 4 nitrogen and oxygen atoms in total. The number of hydrogen-bond acceptors (Lipinski definition) is 4. The highest BCUT2D eigenvalue weighted by atomic mass is 16.7. The molecule has 3 aromatic rings. The van der Waals surface area contributed by atoms with Gasteiger partial charge in [-0.1, -0.05) is 36.4 Å². The summed E-state index contributed by atoms with van der Waals surface area (Å²) < 4.78 is 18.2. The van der Waals surface area contributed by atoms with Crippen molar-refractivity contribution in [3.05, 3.63) is 60.0 Å². The zero-order valence-corrected chi connectivity index (χ0v) is 15.1. The summed E-state index contributed by atoms with van der Waals surface area (Å²) in [6.07, 6.45) is 0.682. The number of hydrogen-bond donors (Lipinski definition) is 0. The first-order valence-corrected chi connectivity index (χ1v) is 8.63. The number of oxazole rings is 1. The second kappa shape index (κ2) is 5.72. The first-order chi connectivity index (χ1) is 11.8. The fourth-order valence-corrected chi connectivity index (χ4v) is 2.96. The molecule has 0 saturated carbocycles. The second-order valence-corrected chi connectivity index (χ2v) is 7.59. The predicted octanol–water partition coefficient (Wildman–Crippen LogP) is 3.72. The van der Waals surface area contributed by atoms with Gasteiger partial charge in [0.15, 0.2) is 11.5 Å². The Morgan fingerprint density at radius 2 is 1.60 bits per heavy atom. The summed E-state index contributed by atoms with van der Waals surface area (Å²) in [4.78, 5) is 4.58. The van der Waals surface area contributed by atoms with Crippen LogP contribution in [-0.2, 0) is 15.7 Å². The van der Waals surface area contributed by atoms with E-state index in [-0.39, 0.29) is 11.2 Å². The average Bonchev–Trinajstić information content (AvgIpc) is 3.04. The van der Waals surface area contributed by atoms with Gasteiger partial charge in [0.25, 0.3) is 0 Å². The lowest BCUT2D eigenvalue weighted by Crippen LogP contribution is -2.41. The van der Waals surface area contributed by atoms with Gasteiger partial charge >= 0.3 is 7.12 Å². The van der Waals surface area contributed by atoms with Gasteiger partial charge in [0, 0.05) is 6.42 Å². The molecule has 0 spiro atoms. The van der Waals surface area contributed by atoms with Crippen LogP contribution in [0.25, 0.3) is 11.1 Å². The molecule has 2 aromatic carbocycles. The molecule has 0 atom stereocenters. The summed E-state index contributed by atoms with van der Waals surface area (Å²) in [5.41, 5.74) is 3.04. The van der Waals surface area contributed by atoms with Crippen LogP contribution < -0.4 is 5.46 Å². The van der Waals surface area contributed by atoms with Crippen molar-refractivity contribution in [1.82, 2.24) is 4.98 Å². The lowest BCUT2D eigenvalue weighted by Gasteiger charge is -2.32. The molecule has 25 heavy (non-hydrogen) atoms. The van der Waals surface area contributed by atoms with Gasteiger partial charge < -0.3 is 13.7 Å². The second-order valence-electron chi connectivity index (χ2n) is 7.59. The Balaban J connectivity index is 1.61. The Kier molecular flexibility index (Phi) is 3.74. The maximum absolute atomic E-state index is 6.12. The van der Waals surface area contributed by atoms with Gasteiger partial charge in [-0.2, -0.15) is 0 Å². The topological polar surface area (TPSA) is 44.5 Å². The first-order valence-electron chi connectivity index (χ1n) is 8.63. The monoisotopic (exact) mass is 335 g/mol. The Bertz CT molecular complexity index is 886. The smallest absolute Gasteiger partial charge is 0.440 e. The summed E-state index contributed by atoms with van der Waals surface area (Å²) in [7, 11) is -0.392. The van der Waals surface area contributed by atoms with Gasteiger partial charge in [0.2, 0.25) is 0 Å². The Hall–Kier alpha value is -2.11. The summed E-state index contributed by atoms with van der Waals surface area (Å²) in [5.74, 6) is 0.715. The molecule has 4 rings (SSSR count). The maximum Gasteiger partial charge on any atom is 0.494 e. The quantitative estimate of drug-likeness (QED) is 0.685. The molecule has 0 unspecified atom stereocenters. The fraction of sp³-hybridized carbons (Fsp3) is 0.350. The van der Waals surface area contributed by atoms with Crippen LogP contribution in [0, 0.1) is 0 Å². The average molecular weight is 335 g/mol. The lowest BCUT2D eigenvalue weighted by atomic mass is 9.79. The van der Waals surface area contributed by atoms with Crippen LogP contribution in [0.2, 0.25) is 0 Å². The molecule has 5 heteroatoms. The molecular formula is C20H22BNO3. The van der Waals surface area contributed by atoms with Crippen LogP contribution in [-0.4, -0.2) is 23.3 Å². The summed E-state index contributed by atoms with van der Waals surface area (Å²) >= 11 is 0. The van der Waals surface area contributed by atoms with Crippen LogP contribution in [0.15, 0.2) is 52.9 Å². The van der Waals surface area contributed by atoms with Crippen molar-refractivity contribution < 1.29 is 13.7 Å². The third-order valence-electron chi connectivity index (χ3n) is 5.18.